The summed E-state index contributed by atoms with van der Waals surface area (Å²) in [5.41, 5.74) is 1.22. The molecule has 1 aliphatic heterocycles. The Balaban J connectivity index is 1.97. The van der Waals surface area contributed by atoms with Crippen molar-refractivity contribution < 1.29 is 9.15 Å². The molecule has 1 aromatic heterocycles. The molecule has 2 rings (SSSR count). The van der Waals surface area contributed by atoms with Gasteiger partial charge in [0.1, 0.15) is 0 Å². The standard InChI is InChI=1S/C11H16BrNO2/c1-9-7-14-4-2-3-13(9)6-10-5-11(12)15-8-10/h5,8-9H,2-4,6-7H2,1H3. The Morgan fingerprint density at radius 3 is 3.20 bits per heavy atom. The molecule has 4 heteroatoms. The molecular weight excluding hydrogens is 258 g/mol. The van der Waals surface area contributed by atoms with Gasteiger partial charge in [-0.05, 0) is 35.3 Å². The van der Waals surface area contributed by atoms with Gasteiger partial charge in [-0.15, -0.1) is 0 Å². The predicted molar refractivity (Wildman–Crippen MR) is 61.7 cm³/mol. The zero-order chi connectivity index (χ0) is 10.7. The number of rotatable bonds is 2. The summed E-state index contributed by atoms with van der Waals surface area (Å²) in [5, 5.41) is 0. The molecule has 0 spiro atoms. The van der Waals surface area contributed by atoms with Crippen LogP contribution in [0.15, 0.2) is 21.4 Å². The monoisotopic (exact) mass is 273 g/mol. The molecule has 0 bridgehead atoms. The zero-order valence-corrected chi connectivity index (χ0v) is 10.5. The third kappa shape index (κ3) is 3.06. The van der Waals surface area contributed by atoms with Gasteiger partial charge in [0.2, 0.25) is 0 Å². The van der Waals surface area contributed by atoms with Crippen LogP contribution in [0.5, 0.6) is 0 Å². The molecule has 1 fully saturated rings. The summed E-state index contributed by atoms with van der Waals surface area (Å²) in [6.07, 6.45) is 2.92. The lowest BCUT2D eigenvalue weighted by Gasteiger charge is -2.25. The van der Waals surface area contributed by atoms with Crippen molar-refractivity contribution in [2.24, 2.45) is 0 Å². The molecule has 1 unspecified atom stereocenters. The third-order valence-corrected chi connectivity index (χ3v) is 3.14. The Morgan fingerprint density at radius 1 is 1.60 bits per heavy atom. The highest BCUT2D eigenvalue weighted by Gasteiger charge is 2.17. The number of hydrogen-bond acceptors (Lipinski definition) is 3. The van der Waals surface area contributed by atoms with Crippen LogP contribution in [0.4, 0.5) is 0 Å². The first-order chi connectivity index (χ1) is 7.25. The maximum Gasteiger partial charge on any atom is 0.169 e. The molecule has 2 heterocycles. The van der Waals surface area contributed by atoms with E-state index >= 15 is 0 Å². The highest BCUT2D eigenvalue weighted by Crippen LogP contribution is 2.18. The SMILES string of the molecule is CC1COCCCN1Cc1coc(Br)c1. The molecule has 0 saturated carbocycles. The van der Waals surface area contributed by atoms with Crippen LogP contribution < -0.4 is 0 Å². The van der Waals surface area contributed by atoms with E-state index in [-0.39, 0.29) is 0 Å². The van der Waals surface area contributed by atoms with Gasteiger partial charge in [0.15, 0.2) is 4.67 Å². The van der Waals surface area contributed by atoms with Gasteiger partial charge in [-0.1, -0.05) is 0 Å². The molecule has 15 heavy (non-hydrogen) atoms. The van der Waals surface area contributed by atoms with E-state index in [1.54, 1.807) is 0 Å². The van der Waals surface area contributed by atoms with Gasteiger partial charge in [-0.3, -0.25) is 4.90 Å². The maximum atomic E-state index is 5.51. The molecule has 0 N–H and O–H groups in total. The summed E-state index contributed by atoms with van der Waals surface area (Å²) in [6, 6.07) is 2.51. The van der Waals surface area contributed by atoms with Crippen LogP contribution in [-0.4, -0.2) is 30.7 Å². The average molecular weight is 274 g/mol. The molecule has 0 radical (unpaired) electrons. The van der Waals surface area contributed by atoms with E-state index in [1.165, 1.54) is 5.56 Å². The fourth-order valence-corrected chi connectivity index (χ4v) is 2.23. The quantitative estimate of drug-likeness (QED) is 0.829. The lowest BCUT2D eigenvalue weighted by molar-refractivity contribution is 0.105. The minimum atomic E-state index is 0.487. The van der Waals surface area contributed by atoms with Crippen molar-refractivity contribution >= 4 is 15.9 Å². The second-order valence-electron chi connectivity index (χ2n) is 4.01. The lowest BCUT2D eigenvalue weighted by Crippen LogP contribution is -2.34. The van der Waals surface area contributed by atoms with E-state index in [2.05, 4.69) is 27.8 Å². The van der Waals surface area contributed by atoms with Crippen LogP contribution in [0.3, 0.4) is 0 Å². The van der Waals surface area contributed by atoms with Gasteiger partial charge in [-0.25, -0.2) is 0 Å². The molecular formula is C11H16BrNO2. The Labute approximate surface area is 98.5 Å². The lowest BCUT2D eigenvalue weighted by atomic mass is 10.2. The van der Waals surface area contributed by atoms with Crippen LogP contribution in [0.25, 0.3) is 0 Å². The van der Waals surface area contributed by atoms with Crippen LogP contribution in [0.1, 0.15) is 18.9 Å². The Kier molecular flexibility index (Phi) is 3.83. The number of ether oxygens (including phenoxy) is 1. The van der Waals surface area contributed by atoms with Crippen LogP contribution in [0.2, 0.25) is 0 Å². The van der Waals surface area contributed by atoms with E-state index in [1.807, 2.05) is 12.3 Å². The molecule has 1 aliphatic rings. The van der Waals surface area contributed by atoms with Gasteiger partial charge in [0.25, 0.3) is 0 Å². The van der Waals surface area contributed by atoms with Gasteiger partial charge >= 0.3 is 0 Å². The summed E-state index contributed by atoms with van der Waals surface area (Å²) < 4.78 is 11.5. The summed E-state index contributed by atoms with van der Waals surface area (Å²) in [5.74, 6) is 0. The first-order valence-electron chi connectivity index (χ1n) is 5.30. The zero-order valence-electron chi connectivity index (χ0n) is 8.91. The van der Waals surface area contributed by atoms with Crippen LogP contribution >= 0.6 is 15.9 Å². The summed E-state index contributed by atoms with van der Waals surface area (Å²) >= 11 is 3.32. The Bertz CT molecular complexity index is 313. The smallest absolute Gasteiger partial charge is 0.169 e. The van der Waals surface area contributed by atoms with E-state index in [4.69, 9.17) is 9.15 Å². The van der Waals surface area contributed by atoms with Gasteiger partial charge in [0.05, 0.1) is 12.9 Å². The van der Waals surface area contributed by atoms with Crippen molar-refractivity contribution in [1.29, 1.82) is 0 Å². The van der Waals surface area contributed by atoms with Crippen LogP contribution in [0, 0.1) is 0 Å². The van der Waals surface area contributed by atoms with E-state index in [9.17, 15) is 0 Å². The predicted octanol–water partition coefficient (Wildman–Crippen LogP) is 2.65. The minimum Gasteiger partial charge on any atom is -0.457 e. The first kappa shape index (κ1) is 11.2. The number of nitrogens with zero attached hydrogens (tertiary/aromatic N) is 1. The van der Waals surface area contributed by atoms with Gasteiger partial charge in [-0.2, -0.15) is 0 Å². The van der Waals surface area contributed by atoms with Crippen LogP contribution in [-0.2, 0) is 11.3 Å². The Hall–Kier alpha value is -0.320. The molecule has 1 saturated heterocycles. The molecule has 3 nitrogen and oxygen atoms in total. The first-order valence-corrected chi connectivity index (χ1v) is 6.09. The van der Waals surface area contributed by atoms with E-state index < -0.39 is 0 Å². The van der Waals surface area contributed by atoms with E-state index in [0.717, 1.165) is 37.4 Å². The number of hydrogen-bond donors (Lipinski definition) is 0. The molecule has 0 amide bonds. The highest BCUT2D eigenvalue weighted by molar-refractivity contribution is 9.10. The molecule has 1 aromatic rings. The van der Waals surface area contributed by atoms with Crippen molar-refractivity contribution in [3.8, 4) is 0 Å². The molecule has 0 aromatic carbocycles. The maximum absolute atomic E-state index is 5.51. The largest absolute Gasteiger partial charge is 0.457 e. The summed E-state index contributed by atoms with van der Waals surface area (Å²) in [6.45, 7) is 5.97. The molecule has 0 aliphatic carbocycles. The van der Waals surface area contributed by atoms with Crippen molar-refractivity contribution in [3.05, 3.63) is 22.6 Å². The van der Waals surface area contributed by atoms with Crippen molar-refractivity contribution in [3.63, 3.8) is 0 Å². The van der Waals surface area contributed by atoms with Gasteiger partial charge < -0.3 is 9.15 Å². The van der Waals surface area contributed by atoms with Crippen molar-refractivity contribution in [2.45, 2.75) is 25.9 Å². The summed E-state index contributed by atoms with van der Waals surface area (Å²) in [7, 11) is 0. The average Bonchev–Trinajstić information content (AvgIpc) is 2.50. The Morgan fingerprint density at radius 2 is 2.47 bits per heavy atom. The molecule has 84 valence electrons. The fraction of sp³-hybridized carbons (Fsp3) is 0.636. The van der Waals surface area contributed by atoms with Gasteiger partial charge in [0, 0.05) is 31.3 Å². The van der Waals surface area contributed by atoms with E-state index in [0.29, 0.717) is 6.04 Å². The normalized spacial score (nSPS) is 24.0. The van der Waals surface area contributed by atoms with Crippen molar-refractivity contribution in [2.75, 3.05) is 19.8 Å². The molecule has 1 atom stereocenters. The minimum absolute atomic E-state index is 0.487. The fourth-order valence-electron chi connectivity index (χ4n) is 1.85. The second-order valence-corrected chi connectivity index (χ2v) is 4.79. The number of halogens is 1. The summed E-state index contributed by atoms with van der Waals surface area (Å²) in [4.78, 5) is 2.43. The third-order valence-electron chi connectivity index (χ3n) is 2.72. The number of furan rings is 1. The topological polar surface area (TPSA) is 25.6 Å². The highest BCUT2D eigenvalue weighted by atomic mass is 79.9. The van der Waals surface area contributed by atoms with Crippen molar-refractivity contribution in [1.82, 2.24) is 4.90 Å². The second kappa shape index (κ2) is 5.14.